The van der Waals surface area contributed by atoms with Crippen LogP contribution < -0.4 is 20.1 Å². The van der Waals surface area contributed by atoms with Crippen molar-refractivity contribution in [2.75, 3.05) is 42.6 Å². The van der Waals surface area contributed by atoms with E-state index in [0.717, 1.165) is 23.1 Å². The van der Waals surface area contributed by atoms with E-state index in [4.69, 9.17) is 10.00 Å². The molecule has 1 fully saturated rings. The van der Waals surface area contributed by atoms with E-state index >= 15 is 0 Å². The molecule has 6 rings (SSSR count). The summed E-state index contributed by atoms with van der Waals surface area (Å²) in [6, 6.07) is 18.9. The highest BCUT2D eigenvalue weighted by Crippen LogP contribution is 2.42. The molecular weight excluding hydrogens is 575 g/mol. The Morgan fingerprint density at radius 2 is 1.77 bits per heavy atom. The van der Waals surface area contributed by atoms with Gasteiger partial charge in [-0.3, -0.25) is 9.59 Å². The van der Waals surface area contributed by atoms with Gasteiger partial charge >= 0.3 is 6.18 Å². The highest BCUT2D eigenvalue weighted by Gasteiger charge is 2.42. The molecule has 4 heterocycles. The number of amides is 1. The van der Waals surface area contributed by atoms with E-state index < -0.39 is 23.3 Å². The average molecular weight is 602 g/mol. The van der Waals surface area contributed by atoms with E-state index in [1.807, 2.05) is 23.3 Å². The summed E-state index contributed by atoms with van der Waals surface area (Å²) in [5.41, 5.74) is -0.336. The number of nitrogens with one attached hydrogen (secondary N) is 1. The molecular formula is C31H26F3N7O3. The Kier molecular flexibility index (Phi) is 7.65. The number of pyridine rings is 1. The molecule has 0 bridgehead atoms. The van der Waals surface area contributed by atoms with Gasteiger partial charge in [-0.25, -0.2) is 10.1 Å². The van der Waals surface area contributed by atoms with Crippen LogP contribution in [0.3, 0.4) is 0 Å². The van der Waals surface area contributed by atoms with Gasteiger partial charge in [0, 0.05) is 44.5 Å². The maximum absolute atomic E-state index is 13.9. The first-order valence-electron chi connectivity index (χ1n) is 13.9. The predicted molar refractivity (Wildman–Crippen MR) is 154 cm³/mol. The van der Waals surface area contributed by atoms with Crippen LogP contribution in [0.1, 0.15) is 38.7 Å². The highest BCUT2D eigenvalue weighted by atomic mass is 19.4. The molecule has 2 aliphatic heterocycles. The number of hydrogen-bond donors (Lipinski definition) is 1. The summed E-state index contributed by atoms with van der Waals surface area (Å²) in [5.74, 6) is 1.08. The Balaban J connectivity index is 1.12. The molecule has 0 spiro atoms. The fourth-order valence-electron chi connectivity index (χ4n) is 5.61. The summed E-state index contributed by atoms with van der Waals surface area (Å²) in [5, 5.41) is 14.5. The number of hydrogen-bond acceptors (Lipinski definition) is 8. The second kappa shape index (κ2) is 11.7. The van der Waals surface area contributed by atoms with Crippen molar-refractivity contribution < 1.29 is 22.7 Å². The molecule has 0 unspecified atom stereocenters. The Labute approximate surface area is 249 Å². The van der Waals surface area contributed by atoms with Crippen molar-refractivity contribution in [3.8, 4) is 11.8 Å². The highest BCUT2D eigenvalue weighted by molar-refractivity contribution is 5.94. The van der Waals surface area contributed by atoms with Gasteiger partial charge in [0.2, 0.25) is 0 Å². The van der Waals surface area contributed by atoms with Gasteiger partial charge in [-0.2, -0.15) is 23.5 Å². The molecule has 1 atom stereocenters. The van der Waals surface area contributed by atoms with Crippen molar-refractivity contribution in [2.24, 2.45) is 0 Å². The molecule has 2 aromatic heterocycles. The van der Waals surface area contributed by atoms with Gasteiger partial charge in [0.15, 0.2) is 0 Å². The lowest BCUT2D eigenvalue weighted by atomic mass is 10.1. The minimum absolute atomic E-state index is 0.000254. The number of alkyl halides is 3. The van der Waals surface area contributed by atoms with Crippen LogP contribution >= 0.6 is 0 Å². The average Bonchev–Trinajstić information content (AvgIpc) is 3.41. The van der Waals surface area contributed by atoms with Crippen molar-refractivity contribution >= 4 is 17.4 Å². The number of rotatable bonds is 6. The number of ether oxygens (including phenoxy) is 1. The van der Waals surface area contributed by atoms with Crippen molar-refractivity contribution in [1.29, 1.82) is 5.26 Å². The van der Waals surface area contributed by atoms with E-state index in [1.165, 1.54) is 11.1 Å². The summed E-state index contributed by atoms with van der Waals surface area (Å²) in [6.45, 7) is 2.37. The minimum Gasteiger partial charge on any atom is -0.491 e. The Hall–Kier alpha value is -5.38. The molecule has 44 heavy (non-hydrogen) atoms. The zero-order chi connectivity index (χ0) is 30.8. The van der Waals surface area contributed by atoms with E-state index in [9.17, 15) is 22.8 Å². The van der Waals surface area contributed by atoms with Gasteiger partial charge in [0.25, 0.3) is 11.5 Å². The number of H-pyrrole nitrogens is 1. The molecule has 13 heteroatoms. The predicted octanol–water partition coefficient (Wildman–Crippen LogP) is 4.16. The number of halogens is 3. The lowest BCUT2D eigenvalue weighted by Crippen LogP contribution is -2.49. The zero-order valence-electron chi connectivity index (χ0n) is 23.3. The van der Waals surface area contributed by atoms with Crippen LogP contribution in [0.15, 0.2) is 77.9 Å². The largest absolute Gasteiger partial charge is 0.491 e. The van der Waals surface area contributed by atoms with Crippen LogP contribution in [0, 0.1) is 11.3 Å². The van der Waals surface area contributed by atoms with E-state index in [-0.39, 0.29) is 24.7 Å². The van der Waals surface area contributed by atoms with Crippen LogP contribution in [-0.4, -0.2) is 58.8 Å². The monoisotopic (exact) mass is 601 g/mol. The number of nitriles is 1. The second-order valence-electron chi connectivity index (χ2n) is 10.4. The van der Waals surface area contributed by atoms with Gasteiger partial charge in [-0.05, 0) is 47.5 Å². The standard InChI is InChI=1S/C31H26F3N7O3/c32-31(33,34)28-25(17-37-38-29(28)42)41-18-22-3-1-2-4-24(22)26(41)19-44-23-8-6-21(7-9-23)30(43)40-13-11-39(12-14-40)27-10-5-20(15-35)16-36-27/h1-10,16-17,26H,11-14,18-19H2,(H,38,42)/t26-/m1/s1. The summed E-state index contributed by atoms with van der Waals surface area (Å²) in [6.07, 6.45) is -2.33. The van der Waals surface area contributed by atoms with E-state index in [2.05, 4.69) is 15.0 Å². The Morgan fingerprint density at radius 3 is 2.45 bits per heavy atom. The van der Waals surface area contributed by atoms with Crippen molar-refractivity contribution in [3.05, 3.63) is 111 Å². The first-order chi connectivity index (χ1) is 21.2. The SMILES string of the molecule is N#Cc1ccc(N2CCN(C(=O)c3ccc(OC[C@@H]4c5ccccc5CN4c4cn[nH]c(=O)c4C(F)(F)F)cc3)CC2)nc1. The number of benzene rings is 2. The third-order valence-electron chi connectivity index (χ3n) is 7.84. The first-order valence-corrected chi connectivity index (χ1v) is 13.9. The molecule has 224 valence electrons. The topological polar surface area (TPSA) is 118 Å². The molecule has 4 aromatic rings. The molecule has 1 amide bonds. The number of anilines is 2. The van der Waals surface area contributed by atoms with Gasteiger partial charge < -0.3 is 19.4 Å². The minimum atomic E-state index is -4.87. The maximum Gasteiger partial charge on any atom is 0.423 e. The number of fused-ring (bicyclic) bond motifs is 1. The molecule has 10 nitrogen and oxygen atoms in total. The van der Waals surface area contributed by atoms with Crippen LogP contribution in [-0.2, 0) is 12.7 Å². The smallest absolute Gasteiger partial charge is 0.423 e. The fourth-order valence-corrected chi connectivity index (χ4v) is 5.61. The van der Waals surface area contributed by atoms with Crippen LogP contribution in [0.2, 0.25) is 0 Å². The lowest BCUT2D eigenvalue weighted by molar-refractivity contribution is -0.138. The molecule has 1 N–H and O–H groups in total. The van der Waals surface area contributed by atoms with Crippen molar-refractivity contribution in [2.45, 2.75) is 18.8 Å². The molecule has 1 saturated heterocycles. The number of carbonyl (C=O) groups is 1. The van der Waals surface area contributed by atoms with Crippen LogP contribution in [0.4, 0.5) is 24.7 Å². The van der Waals surface area contributed by atoms with Gasteiger partial charge in [0.05, 0.1) is 23.5 Å². The number of carbonyl (C=O) groups excluding carboxylic acids is 1. The third kappa shape index (κ3) is 5.66. The summed E-state index contributed by atoms with van der Waals surface area (Å²) in [7, 11) is 0. The number of aromatic amines is 1. The second-order valence-corrected chi connectivity index (χ2v) is 10.4. The number of nitrogens with zero attached hydrogens (tertiary/aromatic N) is 6. The zero-order valence-corrected chi connectivity index (χ0v) is 23.3. The Morgan fingerprint density at radius 1 is 1.02 bits per heavy atom. The van der Waals surface area contributed by atoms with Crippen LogP contribution in [0.5, 0.6) is 5.75 Å². The molecule has 2 aromatic carbocycles. The van der Waals surface area contributed by atoms with Gasteiger partial charge in [-0.15, -0.1) is 0 Å². The third-order valence-corrected chi connectivity index (χ3v) is 7.84. The van der Waals surface area contributed by atoms with Crippen LogP contribution in [0.25, 0.3) is 0 Å². The normalized spacial score (nSPS) is 16.4. The quantitative estimate of drug-likeness (QED) is 0.350. The van der Waals surface area contributed by atoms with Crippen molar-refractivity contribution in [3.63, 3.8) is 0 Å². The summed E-state index contributed by atoms with van der Waals surface area (Å²) >= 11 is 0. The first kappa shape index (κ1) is 28.7. The summed E-state index contributed by atoms with van der Waals surface area (Å²) in [4.78, 5) is 35.0. The maximum atomic E-state index is 13.9. The summed E-state index contributed by atoms with van der Waals surface area (Å²) < 4.78 is 47.7. The Bertz CT molecular complexity index is 1760. The molecule has 0 saturated carbocycles. The van der Waals surface area contributed by atoms with Gasteiger partial charge in [0.1, 0.15) is 29.8 Å². The van der Waals surface area contributed by atoms with Gasteiger partial charge in [-0.1, -0.05) is 24.3 Å². The molecule has 0 aliphatic carbocycles. The molecule has 0 radical (unpaired) electrons. The molecule has 2 aliphatic rings. The van der Waals surface area contributed by atoms with E-state index in [0.29, 0.717) is 43.1 Å². The number of piperazine rings is 1. The number of aromatic nitrogens is 3. The fraction of sp³-hybridized carbons (Fsp3) is 0.258. The lowest BCUT2D eigenvalue weighted by Gasteiger charge is -2.35. The van der Waals surface area contributed by atoms with Crippen molar-refractivity contribution in [1.82, 2.24) is 20.1 Å². The van der Waals surface area contributed by atoms with E-state index in [1.54, 1.807) is 53.4 Å².